The molecule has 0 fully saturated rings. The maximum Gasteiger partial charge on any atom is 0.228 e. The van der Waals surface area contributed by atoms with E-state index in [-0.39, 0.29) is 28.6 Å². The van der Waals surface area contributed by atoms with Crippen molar-refractivity contribution in [3.8, 4) is 0 Å². The summed E-state index contributed by atoms with van der Waals surface area (Å²) in [5, 5.41) is 12.2. The Bertz CT molecular complexity index is 361. The second-order valence-corrected chi connectivity index (χ2v) is 5.45. The van der Waals surface area contributed by atoms with Crippen LogP contribution in [0.4, 0.5) is 5.95 Å². The summed E-state index contributed by atoms with van der Waals surface area (Å²) in [6.07, 6.45) is 0.588. The van der Waals surface area contributed by atoms with Crippen LogP contribution in [-0.2, 0) is 0 Å². The molecular formula is C10H16Cl2N4O. The number of hydrogen-bond donors (Lipinski definition) is 2. The van der Waals surface area contributed by atoms with Gasteiger partial charge in [-0.2, -0.15) is 15.0 Å². The lowest BCUT2D eigenvalue weighted by Gasteiger charge is -2.31. The van der Waals surface area contributed by atoms with Gasteiger partial charge in [0, 0.05) is 12.6 Å². The van der Waals surface area contributed by atoms with Crippen molar-refractivity contribution in [2.45, 2.75) is 33.2 Å². The number of anilines is 1. The van der Waals surface area contributed by atoms with Crippen LogP contribution in [0.5, 0.6) is 0 Å². The molecule has 1 aromatic rings. The number of aliphatic hydroxyl groups is 1. The molecule has 0 spiro atoms. The Kier molecular flexibility index (Phi) is 4.91. The lowest BCUT2D eigenvalue weighted by atomic mass is 9.85. The van der Waals surface area contributed by atoms with E-state index in [0.717, 1.165) is 0 Å². The first-order valence-electron chi connectivity index (χ1n) is 5.27. The summed E-state index contributed by atoms with van der Waals surface area (Å²) in [4.78, 5) is 11.5. The van der Waals surface area contributed by atoms with E-state index in [1.54, 1.807) is 0 Å². The van der Waals surface area contributed by atoms with Gasteiger partial charge in [-0.1, -0.05) is 20.8 Å². The molecule has 0 saturated carbocycles. The van der Waals surface area contributed by atoms with E-state index in [9.17, 15) is 0 Å². The van der Waals surface area contributed by atoms with E-state index in [2.05, 4.69) is 41.0 Å². The first kappa shape index (κ1) is 14.4. The van der Waals surface area contributed by atoms with Crippen LogP contribution in [0.2, 0.25) is 10.6 Å². The van der Waals surface area contributed by atoms with Crippen molar-refractivity contribution in [3.05, 3.63) is 10.6 Å². The molecule has 96 valence electrons. The molecular weight excluding hydrogens is 263 g/mol. The SMILES string of the molecule is CC(C)(C)C(CCO)Nc1nc(Cl)nc(Cl)n1. The predicted molar refractivity (Wildman–Crippen MR) is 68.4 cm³/mol. The summed E-state index contributed by atoms with van der Waals surface area (Å²) >= 11 is 11.4. The number of nitrogens with one attached hydrogen (secondary N) is 1. The lowest BCUT2D eigenvalue weighted by Crippen LogP contribution is -2.35. The average molecular weight is 279 g/mol. The predicted octanol–water partition coefficient (Wildman–Crippen LogP) is 2.39. The molecule has 2 N–H and O–H groups in total. The van der Waals surface area contributed by atoms with Gasteiger partial charge in [0.1, 0.15) is 0 Å². The Morgan fingerprint density at radius 2 is 1.71 bits per heavy atom. The highest BCUT2D eigenvalue weighted by molar-refractivity contribution is 6.31. The fourth-order valence-electron chi connectivity index (χ4n) is 1.40. The van der Waals surface area contributed by atoms with Crippen molar-refractivity contribution >= 4 is 29.2 Å². The molecule has 1 unspecified atom stereocenters. The van der Waals surface area contributed by atoms with Crippen LogP contribution in [0, 0.1) is 5.41 Å². The number of hydrogen-bond acceptors (Lipinski definition) is 5. The third-order valence-electron chi connectivity index (χ3n) is 2.35. The minimum Gasteiger partial charge on any atom is -0.396 e. The van der Waals surface area contributed by atoms with Gasteiger partial charge in [-0.05, 0) is 35.0 Å². The van der Waals surface area contributed by atoms with Crippen molar-refractivity contribution in [2.24, 2.45) is 5.41 Å². The molecule has 1 aromatic heterocycles. The molecule has 0 bridgehead atoms. The Morgan fingerprint density at radius 3 is 2.12 bits per heavy atom. The molecule has 0 saturated heterocycles. The van der Waals surface area contributed by atoms with Crippen LogP contribution in [0.15, 0.2) is 0 Å². The monoisotopic (exact) mass is 278 g/mol. The summed E-state index contributed by atoms with van der Waals surface area (Å²) in [5.74, 6) is 0.323. The molecule has 0 aliphatic carbocycles. The molecule has 1 atom stereocenters. The van der Waals surface area contributed by atoms with E-state index in [4.69, 9.17) is 28.3 Å². The third-order valence-corrected chi connectivity index (χ3v) is 2.69. The second kappa shape index (κ2) is 5.80. The summed E-state index contributed by atoms with van der Waals surface area (Å²) in [5.41, 5.74) is -0.0473. The number of halogens is 2. The first-order valence-corrected chi connectivity index (χ1v) is 6.03. The van der Waals surface area contributed by atoms with Gasteiger partial charge in [-0.25, -0.2) is 0 Å². The Labute approximate surface area is 111 Å². The molecule has 0 aliphatic heterocycles. The molecule has 0 amide bonds. The van der Waals surface area contributed by atoms with Crippen LogP contribution < -0.4 is 5.32 Å². The summed E-state index contributed by atoms with van der Waals surface area (Å²) < 4.78 is 0. The van der Waals surface area contributed by atoms with Gasteiger partial charge in [-0.15, -0.1) is 0 Å². The molecule has 0 aliphatic rings. The van der Waals surface area contributed by atoms with Crippen molar-refractivity contribution in [2.75, 3.05) is 11.9 Å². The Balaban J connectivity index is 2.86. The van der Waals surface area contributed by atoms with Crippen LogP contribution in [0.3, 0.4) is 0 Å². The Morgan fingerprint density at radius 1 is 1.18 bits per heavy atom. The average Bonchev–Trinajstić information content (AvgIpc) is 2.13. The van der Waals surface area contributed by atoms with Gasteiger partial charge in [0.05, 0.1) is 0 Å². The molecule has 1 heterocycles. The van der Waals surface area contributed by atoms with Crippen molar-refractivity contribution in [1.29, 1.82) is 0 Å². The van der Waals surface area contributed by atoms with Gasteiger partial charge in [-0.3, -0.25) is 0 Å². The highest BCUT2D eigenvalue weighted by atomic mass is 35.5. The summed E-state index contributed by atoms with van der Waals surface area (Å²) in [7, 11) is 0. The zero-order chi connectivity index (χ0) is 13.1. The van der Waals surface area contributed by atoms with Gasteiger partial charge in [0.15, 0.2) is 0 Å². The topological polar surface area (TPSA) is 70.9 Å². The normalized spacial score (nSPS) is 13.5. The molecule has 5 nitrogen and oxygen atoms in total. The molecule has 0 aromatic carbocycles. The number of rotatable bonds is 4. The lowest BCUT2D eigenvalue weighted by molar-refractivity contribution is 0.235. The summed E-state index contributed by atoms with van der Waals surface area (Å²) in [6.45, 7) is 6.27. The quantitative estimate of drug-likeness (QED) is 0.885. The fraction of sp³-hybridized carbons (Fsp3) is 0.700. The van der Waals surface area contributed by atoms with Gasteiger partial charge < -0.3 is 10.4 Å². The smallest absolute Gasteiger partial charge is 0.228 e. The van der Waals surface area contributed by atoms with Gasteiger partial charge >= 0.3 is 0 Å². The van der Waals surface area contributed by atoms with Crippen LogP contribution >= 0.6 is 23.2 Å². The van der Waals surface area contributed by atoms with Crippen molar-refractivity contribution in [1.82, 2.24) is 15.0 Å². The van der Waals surface area contributed by atoms with E-state index in [0.29, 0.717) is 12.4 Å². The standard InChI is InChI=1S/C10H16Cl2N4O/c1-10(2,3)6(4-5-17)13-9-15-7(11)14-8(12)16-9/h6,17H,4-5H2,1-3H3,(H,13,14,15,16). The third kappa shape index (κ3) is 4.61. The summed E-state index contributed by atoms with van der Waals surface area (Å²) in [6, 6.07) is 0.0158. The first-order chi connectivity index (χ1) is 7.82. The highest BCUT2D eigenvalue weighted by Gasteiger charge is 2.25. The number of aromatic nitrogens is 3. The minimum absolute atomic E-state index is 0.0158. The molecule has 1 rings (SSSR count). The minimum atomic E-state index is -0.0473. The Hall–Kier alpha value is -0.650. The van der Waals surface area contributed by atoms with Gasteiger partial charge in [0.2, 0.25) is 16.5 Å². The highest BCUT2D eigenvalue weighted by Crippen LogP contribution is 2.24. The van der Waals surface area contributed by atoms with Crippen LogP contribution in [0.1, 0.15) is 27.2 Å². The van der Waals surface area contributed by atoms with E-state index < -0.39 is 0 Å². The fourth-order valence-corrected chi connectivity index (χ4v) is 1.76. The van der Waals surface area contributed by atoms with Gasteiger partial charge in [0.25, 0.3) is 0 Å². The zero-order valence-electron chi connectivity index (χ0n) is 10.0. The zero-order valence-corrected chi connectivity index (χ0v) is 11.5. The van der Waals surface area contributed by atoms with Crippen molar-refractivity contribution in [3.63, 3.8) is 0 Å². The van der Waals surface area contributed by atoms with E-state index in [1.807, 2.05) is 0 Å². The van der Waals surface area contributed by atoms with E-state index >= 15 is 0 Å². The van der Waals surface area contributed by atoms with Crippen LogP contribution in [0.25, 0.3) is 0 Å². The van der Waals surface area contributed by atoms with Crippen molar-refractivity contribution < 1.29 is 5.11 Å². The largest absolute Gasteiger partial charge is 0.396 e. The maximum absolute atomic E-state index is 9.04. The second-order valence-electron chi connectivity index (χ2n) is 4.77. The molecule has 7 heteroatoms. The van der Waals surface area contributed by atoms with Crippen LogP contribution in [-0.4, -0.2) is 32.7 Å². The number of aliphatic hydroxyl groups excluding tert-OH is 1. The maximum atomic E-state index is 9.04. The number of nitrogens with zero attached hydrogens (tertiary/aromatic N) is 3. The molecule has 0 radical (unpaired) electrons. The van der Waals surface area contributed by atoms with E-state index in [1.165, 1.54) is 0 Å². The molecule has 17 heavy (non-hydrogen) atoms.